The molecule has 1 saturated carbocycles. The second kappa shape index (κ2) is 7.20. The third-order valence-corrected chi connectivity index (χ3v) is 4.20. The number of hydrogen-bond donors (Lipinski definition) is 2. The first-order valence-electron chi connectivity index (χ1n) is 7.38. The molecule has 2 rings (SSSR count). The second-order valence-electron chi connectivity index (χ2n) is 5.52. The van der Waals surface area contributed by atoms with Crippen molar-refractivity contribution in [1.29, 1.82) is 0 Å². The van der Waals surface area contributed by atoms with Gasteiger partial charge >= 0.3 is 7.12 Å². The molecule has 2 N–H and O–H groups in total. The Labute approximate surface area is 119 Å². The van der Waals surface area contributed by atoms with E-state index in [-0.39, 0.29) is 11.6 Å². The number of hydrogen-bond acceptors (Lipinski definition) is 3. The lowest BCUT2D eigenvalue weighted by Crippen LogP contribution is -2.35. The summed E-state index contributed by atoms with van der Waals surface area (Å²) < 4.78 is 19.1. The molecule has 0 heterocycles. The van der Waals surface area contributed by atoms with E-state index in [9.17, 15) is 14.4 Å². The summed E-state index contributed by atoms with van der Waals surface area (Å²) in [5.74, 6) is 0.104. The van der Waals surface area contributed by atoms with E-state index in [4.69, 9.17) is 4.74 Å². The van der Waals surface area contributed by atoms with Gasteiger partial charge in [-0.05, 0) is 41.9 Å². The van der Waals surface area contributed by atoms with Gasteiger partial charge in [0.05, 0.1) is 12.7 Å². The van der Waals surface area contributed by atoms with Crippen LogP contribution in [-0.2, 0) is 11.3 Å². The van der Waals surface area contributed by atoms with Gasteiger partial charge < -0.3 is 14.8 Å². The summed E-state index contributed by atoms with van der Waals surface area (Å²) in [5.41, 5.74) is 0.829. The summed E-state index contributed by atoms with van der Waals surface area (Å²) in [5, 5.41) is 18.6. The highest BCUT2D eigenvalue weighted by Crippen LogP contribution is 2.29. The van der Waals surface area contributed by atoms with Crippen molar-refractivity contribution in [2.75, 3.05) is 0 Å². The fourth-order valence-corrected chi connectivity index (χ4v) is 2.99. The Balaban J connectivity index is 2.03. The van der Waals surface area contributed by atoms with Crippen LogP contribution in [0.2, 0.25) is 0 Å². The molecule has 0 amide bonds. The van der Waals surface area contributed by atoms with Gasteiger partial charge in [0, 0.05) is 0 Å². The summed E-state index contributed by atoms with van der Waals surface area (Å²) in [6, 6.07) is 4.04. The average Bonchev–Trinajstić information content (AvgIpc) is 2.46. The van der Waals surface area contributed by atoms with E-state index in [1.807, 2.05) is 0 Å². The van der Waals surface area contributed by atoms with Crippen molar-refractivity contribution < 1.29 is 19.2 Å². The Morgan fingerprint density at radius 2 is 2.05 bits per heavy atom. The molecule has 0 radical (unpaired) electrons. The molecule has 0 saturated heterocycles. The number of ether oxygens (including phenoxy) is 1. The van der Waals surface area contributed by atoms with Gasteiger partial charge in [0.15, 0.2) is 0 Å². The zero-order valence-electron chi connectivity index (χ0n) is 11.9. The largest absolute Gasteiger partial charge is 0.488 e. The van der Waals surface area contributed by atoms with Crippen molar-refractivity contribution in [2.45, 2.75) is 51.7 Å². The van der Waals surface area contributed by atoms with E-state index in [0.29, 0.717) is 18.1 Å². The van der Waals surface area contributed by atoms with Crippen LogP contribution in [0.1, 0.15) is 44.6 Å². The molecule has 0 spiro atoms. The van der Waals surface area contributed by atoms with Crippen LogP contribution < -0.4 is 5.46 Å². The summed E-state index contributed by atoms with van der Waals surface area (Å²) in [6.07, 6.45) is 6.01. The molecule has 5 heteroatoms. The lowest BCUT2D eigenvalue weighted by molar-refractivity contribution is -0.0219. The minimum atomic E-state index is -1.67. The van der Waals surface area contributed by atoms with Crippen LogP contribution in [0, 0.1) is 11.7 Å². The molecule has 1 aliphatic carbocycles. The minimum absolute atomic E-state index is 0.189. The topological polar surface area (TPSA) is 49.7 Å². The summed E-state index contributed by atoms with van der Waals surface area (Å²) in [4.78, 5) is 0. The van der Waals surface area contributed by atoms with Gasteiger partial charge in [-0.25, -0.2) is 4.39 Å². The van der Waals surface area contributed by atoms with Gasteiger partial charge in [0.1, 0.15) is 5.82 Å². The first kappa shape index (κ1) is 15.5. The van der Waals surface area contributed by atoms with Crippen LogP contribution in [0.3, 0.4) is 0 Å². The number of rotatable bonds is 5. The summed E-state index contributed by atoms with van der Waals surface area (Å²) >= 11 is 0. The van der Waals surface area contributed by atoms with E-state index >= 15 is 0 Å². The maximum absolute atomic E-state index is 13.2. The lowest BCUT2D eigenvalue weighted by atomic mass is 9.77. The van der Waals surface area contributed by atoms with Gasteiger partial charge in [0.25, 0.3) is 0 Å². The van der Waals surface area contributed by atoms with Crippen molar-refractivity contribution in [3.8, 4) is 0 Å². The average molecular weight is 280 g/mol. The van der Waals surface area contributed by atoms with E-state index in [1.165, 1.54) is 25.3 Å². The normalized spacial score (nSPS) is 22.8. The van der Waals surface area contributed by atoms with Crippen LogP contribution in [0.5, 0.6) is 0 Å². The third kappa shape index (κ3) is 3.81. The van der Waals surface area contributed by atoms with Crippen LogP contribution in [0.15, 0.2) is 18.2 Å². The molecule has 0 aliphatic heterocycles. The highest BCUT2D eigenvalue weighted by atomic mass is 19.1. The van der Waals surface area contributed by atoms with Crippen LogP contribution in [0.4, 0.5) is 4.39 Å². The SMILES string of the molecule is CCC1CCCCC1OCc1ccc(F)cc1B(O)O. The molecule has 20 heavy (non-hydrogen) atoms. The highest BCUT2D eigenvalue weighted by Gasteiger charge is 2.25. The van der Waals surface area contributed by atoms with Gasteiger partial charge in [-0.3, -0.25) is 0 Å². The molecule has 110 valence electrons. The maximum atomic E-state index is 13.2. The van der Waals surface area contributed by atoms with Crippen molar-refractivity contribution in [3.05, 3.63) is 29.6 Å². The van der Waals surface area contributed by atoms with Gasteiger partial charge in [-0.1, -0.05) is 32.3 Å². The molecule has 1 fully saturated rings. The van der Waals surface area contributed by atoms with Gasteiger partial charge in [-0.15, -0.1) is 0 Å². The monoisotopic (exact) mass is 280 g/mol. The smallest absolute Gasteiger partial charge is 0.423 e. The van der Waals surface area contributed by atoms with Crippen LogP contribution in [0.25, 0.3) is 0 Å². The first-order chi connectivity index (χ1) is 9.61. The molecule has 1 aromatic carbocycles. The predicted octanol–water partition coefficient (Wildman–Crippen LogP) is 1.99. The molecule has 2 atom stereocenters. The fourth-order valence-electron chi connectivity index (χ4n) is 2.99. The van der Waals surface area contributed by atoms with Crippen LogP contribution >= 0.6 is 0 Å². The zero-order valence-corrected chi connectivity index (χ0v) is 11.9. The molecule has 0 bridgehead atoms. The predicted molar refractivity (Wildman–Crippen MR) is 77.1 cm³/mol. The van der Waals surface area contributed by atoms with E-state index in [2.05, 4.69) is 6.92 Å². The number of benzene rings is 1. The lowest BCUT2D eigenvalue weighted by Gasteiger charge is -2.31. The minimum Gasteiger partial charge on any atom is -0.423 e. The van der Waals surface area contributed by atoms with E-state index in [0.717, 1.165) is 18.9 Å². The Kier molecular flexibility index (Phi) is 5.58. The van der Waals surface area contributed by atoms with Crippen LogP contribution in [-0.4, -0.2) is 23.3 Å². The Hall–Kier alpha value is -0.905. The van der Waals surface area contributed by atoms with Gasteiger partial charge in [0.2, 0.25) is 0 Å². The standard InChI is InChI=1S/C15H22BFO3/c1-2-11-5-3-4-6-15(11)20-10-12-7-8-13(17)9-14(12)16(18)19/h7-9,11,15,18-19H,2-6,10H2,1H3. The van der Waals surface area contributed by atoms with Crippen molar-refractivity contribution in [3.63, 3.8) is 0 Å². The Morgan fingerprint density at radius 3 is 2.75 bits per heavy atom. The molecule has 3 nitrogen and oxygen atoms in total. The highest BCUT2D eigenvalue weighted by molar-refractivity contribution is 6.59. The maximum Gasteiger partial charge on any atom is 0.488 e. The molecular formula is C15H22BFO3. The third-order valence-electron chi connectivity index (χ3n) is 4.20. The summed E-state index contributed by atoms with van der Waals surface area (Å²) in [6.45, 7) is 2.47. The quantitative estimate of drug-likeness (QED) is 0.811. The molecule has 1 aromatic rings. The molecular weight excluding hydrogens is 258 g/mol. The molecule has 1 aliphatic rings. The van der Waals surface area contributed by atoms with Crippen molar-refractivity contribution in [1.82, 2.24) is 0 Å². The summed E-state index contributed by atoms with van der Waals surface area (Å²) in [7, 11) is -1.67. The molecule has 2 unspecified atom stereocenters. The molecule has 0 aromatic heterocycles. The van der Waals surface area contributed by atoms with E-state index < -0.39 is 12.9 Å². The Morgan fingerprint density at radius 1 is 1.30 bits per heavy atom. The Bertz CT molecular complexity index is 439. The van der Waals surface area contributed by atoms with Crippen molar-refractivity contribution in [2.24, 2.45) is 5.92 Å². The first-order valence-corrected chi connectivity index (χ1v) is 7.38. The zero-order chi connectivity index (χ0) is 14.5. The number of halogens is 1. The van der Waals surface area contributed by atoms with Gasteiger partial charge in [-0.2, -0.15) is 0 Å². The van der Waals surface area contributed by atoms with Crippen molar-refractivity contribution >= 4 is 12.6 Å². The van der Waals surface area contributed by atoms with E-state index in [1.54, 1.807) is 6.07 Å². The fraction of sp³-hybridized carbons (Fsp3) is 0.600. The second-order valence-corrected chi connectivity index (χ2v) is 5.52.